The summed E-state index contributed by atoms with van der Waals surface area (Å²) in [5, 5.41) is 3.58. The van der Waals surface area contributed by atoms with Gasteiger partial charge in [-0.05, 0) is 46.5 Å². The van der Waals surface area contributed by atoms with Crippen molar-refractivity contribution in [1.82, 2.24) is 10.2 Å². The van der Waals surface area contributed by atoms with Crippen LogP contribution in [0.2, 0.25) is 0 Å². The summed E-state index contributed by atoms with van der Waals surface area (Å²) in [5.41, 5.74) is -0.394. The Morgan fingerprint density at radius 3 is 2.76 bits per heavy atom. The molecule has 4 nitrogen and oxygen atoms in total. The van der Waals surface area contributed by atoms with E-state index in [2.05, 4.69) is 12.2 Å². The number of ether oxygens (including phenoxy) is 1. The Labute approximate surface area is 104 Å². The molecule has 2 saturated heterocycles. The Morgan fingerprint density at radius 2 is 2.12 bits per heavy atom. The van der Waals surface area contributed by atoms with Crippen molar-refractivity contribution in [3.63, 3.8) is 0 Å². The first-order chi connectivity index (χ1) is 7.85. The SMILES string of the molecule is CC1CC2CN(C(=O)OC(C)(C)C)CCC2N1. The summed E-state index contributed by atoms with van der Waals surface area (Å²) in [4.78, 5) is 13.8. The first-order valence-corrected chi connectivity index (χ1v) is 6.59. The van der Waals surface area contributed by atoms with Crippen LogP contribution in [-0.4, -0.2) is 41.8 Å². The van der Waals surface area contributed by atoms with Gasteiger partial charge in [-0.25, -0.2) is 4.79 Å². The van der Waals surface area contributed by atoms with E-state index in [1.54, 1.807) is 0 Å². The molecular formula is C13H24N2O2. The van der Waals surface area contributed by atoms with Crippen molar-refractivity contribution in [2.45, 2.75) is 58.2 Å². The topological polar surface area (TPSA) is 41.6 Å². The summed E-state index contributed by atoms with van der Waals surface area (Å²) >= 11 is 0. The number of fused-ring (bicyclic) bond motifs is 1. The van der Waals surface area contributed by atoms with Crippen LogP contribution < -0.4 is 5.32 Å². The lowest BCUT2D eigenvalue weighted by molar-refractivity contribution is 0.0157. The lowest BCUT2D eigenvalue weighted by Crippen LogP contribution is -2.48. The molecule has 3 atom stereocenters. The molecule has 0 aromatic carbocycles. The van der Waals surface area contributed by atoms with Gasteiger partial charge in [0, 0.05) is 25.2 Å². The quantitative estimate of drug-likeness (QED) is 0.704. The van der Waals surface area contributed by atoms with Crippen LogP contribution in [0.1, 0.15) is 40.5 Å². The number of hydrogen-bond acceptors (Lipinski definition) is 3. The van der Waals surface area contributed by atoms with Gasteiger partial charge in [-0.3, -0.25) is 0 Å². The first kappa shape index (κ1) is 12.7. The Balaban J connectivity index is 1.90. The monoisotopic (exact) mass is 240 g/mol. The minimum absolute atomic E-state index is 0.157. The van der Waals surface area contributed by atoms with Crippen LogP contribution in [0.3, 0.4) is 0 Å². The zero-order chi connectivity index (χ0) is 12.6. The van der Waals surface area contributed by atoms with Gasteiger partial charge in [-0.2, -0.15) is 0 Å². The molecule has 1 amide bonds. The fourth-order valence-corrected chi connectivity index (χ4v) is 2.87. The molecule has 0 bridgehead atoms. The van der Waals surface area contributed by atoms with Gasteiger partial charge in [-0.15, -0.1) is 0 Å². The summed E-state index contributed by atoms with van der Waals surface area (Å²) in [6.07, 6.45) is 2.06. The number of likely N-dealkylation sites (tertiary alicyclic amines) is 1. The van der Waals surface area contributed by atoms with Gasteiger partial charge in [0.15, 0.2) is 0 Å². The van der Waals surface area contributed by atoms with Crippen molar-refractivity contribution in [2.75, 3.05) is 13.1 Å². The van der Waals surface area contributed by atoms with Crippen molar-refractivity contribution in [2.24, 2.45) is 5.92 Å². The summed E-state index contributed by atoms with van der Waals surface area (Å²) in [6.45, 7) is 9.62. The van der Waals surface area contributed by atoms with Gasteiger partial charge >= 0.3 is 6.09 Å². The number of piperidine rings is 1. The zero-order valence-corrected chi connectivity index (χ0v) is 11.3. The molecule has 0 aromatic heterocycles. The zero-order valence-electron chi connectivity index (χ0n) is 11.3. The highest BCUT2D eigenvalue weighted by atomic mass is 16.6. The van der Waals surface area contributed by atoms with Crippen LogP contribution in [0.25, 0.3) is 0 Å². The Kier molecular flexibility index (Phi) is 3.34. The normalized spacial score (nSPS) is 33.4. The third-order valence-electron chi connectivity index (χ3n) is 3.54. The largest absolute Gasteiger partial charge is 0.444 e. The fourth-order valence-electron chi connectivity index (χ4n) is 2.87. The van der Waals surface area contributed by atoms with E-state index < -0.39 is 5.60 Å². The van der Waals surface area contributed by atoms with E-state index in [-0.39, 0.29) is 6.09 Å². The van der Waals surface area contributed by atoms with Crippen molar-refractivity contribution < 1.29 is 9.53 Å². The van der Waals surface area contributed by atoms with Gasteiger partial charge < -0.3 is 15.0 Å². The third kappa shape index (κ3) is 3.12. The number of amides is 1. The van der Waals surface area contributed by atoms with Gasteiger partial charge in [0.1, 0.15) is 5.60 Å². The lowest BCUT2D eigenvalue weighted by atomic mass is 9.93. The molecule has 0 spiro atoms. The summed E-state index contributed by atoms with van der Waals surface area (Å²) in [6, 6.07) is 1.19. The summed E-state index contributed by atoms with van der Waals surface area (Å²) < 4.78 is 5.42. The summed E-state index contributed by atoms with van der Waals surface area (Å²) in [7, 11) is 0. The van der Waals surface area contributed by atoms with Gasteiger partial charge in [0.05, 0.1) is 0 Å². The van der Waals surface area contributed by atoms with Crippen molar-refractivity contribution in [3.8, 4) is 0 Å². The van der Waals surface area contributed by atoms with Crippen molar-refractivity contribution >= 4 is 6.09 Å². The smallest absolute Gasteiger partial charge is 0.410 e. The highest BCUT2D eigenvalue weighted by Gasteiger charge is 2.38. The molecule has 0 aliphatic carbocycles. The molecule has 98 valence electrons. The van der Waals surface area contributed by atoms with Crippen molar-refractivity contribution in [1.29, 1.82) is 0 Å². The van der Waals surface area contributed by atoms with Crippen LogP contribution in [0.5, 0.6) is 0 Å². The second-order valence-corrected chi connectivity index (χ2v) is 6.39. The number of hydrogen-bond donors (Lipinski definition) is 1. The number of rotatable bonds is 0. The molecule has 2 aliphatic rings. The molecule has 17 heavy (non-hydrogen) atoms. The Bertz CT molecular complexity index is 298. The second-order valence-electron chi connectivity index (χ2n) is 6.39. The minimum Gasteiger partial charge on any atom is -0.444 e. The van der Waals surface area contributed by atoms with Gasteiger partial charge in [-0.1, -0.05) is 0 Å². The van der Waals surface area contributed by atoms with E-state index in [9.17, 15) is 4.79 Å². The molecule has 2 heterocycles. The van der Waals surface area contributed by atoms with E-state index in [4.69, 9.17) is 4.74 Å². The van der Waals surface area contributed by atoms with E-state index in [0.29, 0.717) is 18.0 Å². The fraction of sp³-hybridized carbons (Fsp3) is 0.923. The molecule has 3 unspecified atom stereocenters. The second kappa shape index (κ2) is 4.48. The standard InChI is InChI=1S/C13H24N2O2/c1-9-7-10-8-15(6-5-11(10)14-9)12(16)17-13(2,3)4/h9-11,14H,5-8H2,1-4H3. The maximum atomic E-state index is 12.0. The number of carbonyl (C=O) groups excluding carboxylic acids is 1. The average molecular weight is 240 g/mol. The van der Waals surface area contributed by atoms with E-state index in [1.807, 2.05) is 25.7 Å². The van der Waals surface area contributed by atoms with E-state index in [0.717, 1.165) is 19.5 Å². The van der Waals surface area contributed by atoms with Crippen LogP contribution in [0, 0.1) is 5.92 Å². The predicted molar refractivity (Wildman–Crippen MR) is 66.9 cm³/mol. The molecule has 2 rings (SSSR count). The Hall–Kier alpha value is -0.770. The molecule has 4 heteroatoms. The maximum absolute atomic E-state index is 12.0. The predicted octanol–water partition coefficient (Wildman–Crippen LogP) is 1.99. The van der Waals surface area contributed by atoms with E-state index >= 15 is 0 Å². The number of carbonyl (C=O) groups is 1. The third-order valence-corrected chi connectivity index (χ3v) is 3.54. The maximum Gasteiger partial charge on any atom is 0.410 e. The highest BCUT2D eigenvalue weighted by Crippen LogP contribution is 2.28. The molecule has 2 aliphatic heterocycles. The lowest BCUT2D eigenvalue weighted by Gasteiger charge is -2.35. The number of nitrogens with one attached hydrogen (secondary N) is 1. The van der Waals surface area contributed by atoms with E-state index in [1.165, 1.54) is 6.42 Å². The first-order valence-electron chi connectivity index (χ1n) is 6.59. The van der Waals surface area contributed by atoms with Crippen LogP contribution >= 0.6 is 0 Å². The molecule has 0 radical (unpaired) electrons. The minimum atomic E-state index is -0.394. The van der Waals surface area contributed by atoms with Crippen molar-refractivity contribution in [3.05, 3.63) is 0 Å². The van der Waals surface area contributed by atoms with Crippen LogP contribution in [-0.2, 0) is 4.74 Å². The molecule has 0 saturated carbocycles. The molecule has 1 N–H and O–H groups in total. The molecule has 0 aromatic rings. The number of nitrogens with zero attached hydrogens (tertiary/aromatic N) is 1. The molecule has 2 fully saturated rings. The van der Waals surface area contributed by atoms with Crippen LogP contribution in [0.4, 0.5) is 4.79 Å². The highest BCUT2D eigenvalue weighted by molar-refractivity contribution is 5.68. The Morgan fingerprint density at radius 1 is 1.41 bits per heavy atom. The van der Waals surface area contributed by atoms with Crippen LogP contribution in [0.15, 0.2) is 0 Å². The van der Waals surface area contributed by atoms with Gasteiger partial charge in [0.25, 0.3) is 0 Å². The summed E-state index contributed by atoms with van der Waals surface area (Å²) in [5.74, 6) is 0.603. The molecular weight excluding hydrogens is 216 g/mol. The average Bonchev–Trinajstić information content (AvgIpc) is 2.53. The van der Waals surface area contributed by atoms with Gasteiger partial charge in [0.2, 0.25) is 0 Å².